The molecule has 0 aromatic carbocycles. The molecule has 0 atom stereocenters. The first-order valence-electron chi connectivity index (χ1n) is 7.30. The summed E-state index contributed by atoms with van der Waals surface area (Å²) in [5, 5.41) is 7.07. The molecule has 3 aromatic heterocycles. The highest BCUT2D eigenvalue weighted by Gasteiger charge is 2.12. The van der Waals surface area contributed by atoms with E-state index in [1.807, 2.05) is 26.1 Å². The van der Waals surface area contributed by atoms with Gasteiger partial charge in [0.25, 0.3) is 5.78 Å². The Morgan fingerprint density at radius 2 is 2.26 bits per heavy atom. The van der Waals surface area contributed by atoms with E-state index in [0.29, 0.717) is 25.2 Å². The van der Waals surface area contributed by atoms with E-state index in [4.69, 9.17) is 0 Å². The molecular formula is C15H17BrN6O. The molecule has 0 aliphatic heterocycles. The lowest BCUT2D eigenvalue weighted by atomic mass is 10.1. The Labute approximate surface area is 141 Å². The number of H-pyrrole nitrogens is 1. The number of amides is 1. The van der Waals surface area contributed by atoms with Gasteiger partial charge in [0.15, 0.2) is 0 Å². The summed E-state index contributed by atoms with van der Waals surface area (Å²) in [6.07, 6.45) is 4.36. The van der Waals surface area contributed by atoms with Crippen LogP contribution in [0.15, 0.2) is 23.1 Å². The minimum atomic E-state index is 0.00760. The van der Waals surface area contributed by atoms with Crippen molar-refractivity contribution < 1.29 is 4.79 Å². The molecule has 3 aromatic rings. The smallest absolute Gasteiger partial charge is 0.252 e. The highest BCUT2D eigenvalue weighted by atomic mass is 79.9. The number of rotatable bonds is 5. The van der Waals surface area contributed by atoms with Gasteiger partial charge >= 0.3 is 0 Å². The van der Waals surface area contributed by atoms with Gasteiger partial charge in [-0.1, -0.05) is 0 Å². The normalized spacial score (nSPS) is 11.1. The van der Waals surface area contributed by atoms with Crippen molar-refractivity contribution in [2.45, 2.75) is 33.2 Å². The molecule has 23 heavy (non-hydrogen) atoms. The molecular weight excluding hydrogens is 360 g/mol. The Hall–Kier alpha value is -2.22. The fourth-order valence-electron chi connectivity index (χ4n) is 2.55. The lowest BCUT2D eigenvalue weighted by molar-refractivity contribution is -0.121. The summed E-state index contributed by atoms with van der Waals surface area (Å²) < 4.78 is 2.68. The predicted octanol–water partition coefficient (Wildman–Crippen LogP) is 2.08. The van der Waals surface area contributed by atoms with Crippen LogP contribution in [0.4, 0.5) is 0 Å². The predicted molar refractivity (Wildman–Crippen MR) is 88.9 cm³/mol. The SMILES string of the molecule is Cc1nc2ncnn2c(C)c1CCC(=O)NCc1cc(Br)c[nH]1. The molecule has 0 saturated heterocycles. The topological polar surface area (TPSA) is 88.0 Å². The molecule has 0 spiro atoms. The van der Waals surface area contributed by atoms with Crippen LogP contribution in [0.25, 0.3) is 5.78 Å². The second kappa shape index (κ2) is 6.49. The number of nitrogens with one attached hydrogen (secondary N) is 2. The second-order valence-electron chi connectivity index (χ2n) is 5.35. The summed E-state index contributed by atoms with van der Waals surface area (Å²) in [7, 11) is 0. The molecule has 0 radical (unpaired) electrons. The molecule has 8 heteroatoms. The van der Waals surface area contributed by atoms with E-state index in [2.05, 4.69) is 41.3 Å². The number of nitrogens with zero attached hydrogens (tertiary/aromatic N) is 4. The number of hydrogen-bond donors (Lipinski definition) is 2. The zero-order chi connectivity index (χ0) is 16.4. The zero-order valence-corrected chi connectivity index (χ0v) is 14.5. The molecule has 0 fully saturated rings. The van der Waals surface area contributed by atoms with Gasteiger partial charge in [-0.05, 0) is 47.8 Å². The van der Waals surface area contributed by atoms with Crippen LogP contribution in [0.1, 0.15) is 29.1 Å². The number of aromatic amines is 1. The maximum Gasteiger partial charge on any atom is 0.252 e. The van der Waals surface area contributed by atoms with Crippen LogP contribution in [-0.2, 0) is 17.8 Å². The number of halogens is 1. The van der Waals surface area contributed by atoms with Crippen molar-refractivity contribution in [3.63, 3.8) is 0 Å². The second-order valence-corrected chi connectivity index (χ2v) is 6.27. The van der Waals surface area contributed by atoms with Crippen molar-refractivity contribution in [3.05, 3.63) is 45.7 Å². The fraction of sp³-hybridized carbons (Fsp3) is 0.333. The van der Waals surface area contributed by atoms with E-state index >= 15 is 0 Å². The maximum atomic E-state index is 12.0. The molecule has 120 valence electrons. The molecule has 2 N–H and O–H groups in total. The van der Waals surface area contributed by atoms with Crippen molar-refractivity contribution in [2.75, 3.05) is 0 Å². The number of carbonyl (C=O) groups is 1. The molecule has 0 aliphatic rings. The van der Waals surface area contributed by atoms with Gasteiger partial charge in [-0.25, -0.2) is 9.50 Å². The van der Waals surface area contributed by atoms with Crippen LogP contribution in [0.2, 0.25) is 0 Å². The first-order valence-corrected chi connectivity index (χ1v) is 8.09. The van der Waals surface area contributed by atoms with Gasteiger partial charge in [0.2, 0.25) is 5.91 Å². The van der Waals surface area contributed by atoms with Crippen molar-refractivity contribution >= 4 is 27.6 Å². The monoisotopic (exact) mass is 376 g/mol. The fourth-order valence-corrected chi connectivity index (χ4v) is 2.94. The average Bonchev–Trinajstić information content (AvgIpc) is 3.13. The van der Waals surface area contributed by atoms with Crippen LogP contribution in [-0.4, -0.2) is 30.5 Å². The van der Waals surface area contributed by atoms with Gasteiger partial charge < -0.3 is 10.3 Å². The molecule has 0 bridgehead atoms. The lowest BCUT2D eigenvalue weighted by Gasteiger charge is -2.10. The number of fused-ring (bicyclic) bond motifs is 1. The van der Waals surface area contributed by atoms with Crippen LogP contribution < -0.4 is 5.32 Å². The largest absolute Gasteiger partial charge is 0.362 e. The molecule has 0 aliphatic carbocycles. The first kappa shape index (κ1) is 15.7. The third-order valence-corrected chi connectivity index (χ3v) is 4.23. The number of aryl methyl sites for hydroxylation is 2. The summed E-state index contributed by atoms with van der Waals surface area (Å²) in [6.45, 7) is 4.40. The number of hydrogen-bond acceptors (Lipinski definition) is 4. The van der Waals surface area contributed by atoms with Crippen molar-refractivity contribution in [2.24, 2.45) is 0 Å². The Balaban J connectivity index is 1.62. The van der Waals surface area contributed by atoms with Crippen LogP contribution in [0.3, 0.4) is 0 Å². The summed E-state index contributed by atoms with van der Waals surface area (Å²) in [5.74, 6) is 0.596. The van der Waals surface area contributed by atoms with Crippen LogP contribution in [0.5, 0.6) is 0 Å². The lowest BCUT2D eigenvalue weighted by Crippen LogP contribution is -2.23. The molecule has 3 rings (SSSR count). The van der Waals surface area contributed by atoms with E-state index in [-0.39, 0.29) is 5.91 Å². The third kappa shape index (κ3) is 3.42. The van der Waals surface area contributed by atoms with Crippen LogP contribution >= 0.6 is 15.9 Å². The van der Waals surface area contributed by atoms with E-state index in [1.165, 1.54) is 6.33 Å². The van der Waals surface area contributed by atoms with Crippen molar-refractivity contribution in [1.82, 2.24) is 29.9 Å². The highest BCUT2D eigenvalue weighted by molar-refractivity contribution is 9.10. The van der Waals surface area contributed by atoms with Crippen molar-refractivity contribution in [1.29, 1.82) is 0 Å². The Morgan fingerprint density at radius 1 is 1.43 bits per heavy atom. The van der Waals surface area contributed by atoms with Crippen molar-refractivity contribution in [3.8, 4) is 0 Å². The van der Waals surface area contributed by atoms with Gasteiger partial charge in [-0.3, -0.25) is 4.79 Å². The standard InChI is InChI=1S/C15H17BrN6O/c1-9-13(10(2)22-15(21-9)19-8-20-22)3-4-14(23)18-7-12-5-11(16)6-17-12/h5-6,8,17H,3-4,7H2,1-2H3,(H,18,23). The van der Waals surface area contributed by atoms with E-state index in [0.717, 1.165) is 27.1 Å². The van der Waals surface area contributed by atoms with E-state index < -0.39 is 0 Å². The Bertz CT molecular complexity index is 853. The summed E-state index contributed by atoms with van der Waals surface area (Å²) >= 11 is 3.37. The van der Waals surface area contributed by atoms with Gasteiger partial charge in [-0.2, -0.15) is 10.1 Å². The number of carbonyl (C=O) groups excluding carboxylic acids is 1. The maximum absolute atomic E-state index is 12.0. The number of aromatic nitrogens is 5. The average molecular weight is 377 g/mol. The first-order chi connectivity index (χ1) is 11.0. The molecule has 0 saturated carbocycles. The van der Waals surface area contributed by atoms with E-state index in [1.54, 1.807) is 4.52 Å². The quantitative estimate of drug-likeness (QED) is 0.713. The third-order valence-electron chi connectivity index (χ3n) is 3.77. The van der Waals surface area contributed by atoms with Crippen LogP contribution in [0, 0.1) is 13.8 Å². The molecule has 1 amide bonds. The van der Waals surface area contributed by atoms with E-state index in [9.17, 15) is 4.79 Å². The minimum absolute atomic E-state index is 0.00760. The Kier molecular flexibility index (Phi) is 4.42. The van der Waals surface area contributed by atoms with Gasteiger partial charge in [0.1, 0.15) is 6.33 Å². The summed E-state index contributed by atoms with van der Waals surface area (Å²) in [6, 6.07) is 1.94. The van der Waals surface area contributed by atoms with Gasteiger partial charge in [0, 0.05) is 34.2 Å². The zero-order valence-electron chi connectivity index (χ0n) is 12.9. The molecule has 7 nitrogen and oxygen atoms in total. The summed E-state index contributed by atoms with van der Waals surface area (Å²) in [4.78, 5) is 23.6. The molecule has 3 heterocycles. The summed E-state index contributed by atoms with van der Waals surface area (Å²) in [5.41, 5.74) is 3.87. The Morgan fingerprint density at radius 3 is 3.00 bits per heavy atom. The van der Waals surface area contributed by atoms with Gasteiger partial charge in [0.05, 0.1) is 6.54 Å². The minimum Gasteiger partial charge on any atom is -0.362 e. The highest BCUT2D eigenvalue weighted by Crippen LogP contribution is 2.15. The van der Waals surface area contributed by atoms with Gasteiger partial charge in [-0.15, -0.1) is 0 Å². The molecule has 0 unspecified atom stereocenters.